The molecule has 1 N–H and O–H groups in total. The molecule has 1 aromatic heterocycles. The first-order valence-corrected chi connectivity index (χ1v) is 10.6. The number of carbonyl (C=O) groups excluding carboxylic acids is 1. The minimum atomic E-state index is -3.87. The molecule has 7 nitrogen and oxygen atoms in total. The fraction of sp³-hybridized carbons (Fsp3) is 0.438. The Morgan fingerprint density at radius 3 is 2.77 bits per heavy atom. The number of carbonyl (C=O) groups is 1. The molecule has 1 amide bonds. The molecule has 1 saturated heterocycles. The van der Waals surface area contributed by atoms with Gasteiger partial charge in [0.15, 0.2) is 0 Å². The van der Waals surface area contributed by atoms with Gasteiger partial charge in [-0.05, 0) is 43.5 Å². The van der Waals surface area contributed by atoms with Crippen LogP contribution in [0.25, 0.3) is 0 Å². The Morgan fingerprint density at radius 2 is 2.08 bits per heavy atom. The van der Waals surface area contributed by atoms with E-state index in [0.29, 0.717) is 18.0 Å². The van der Waals surface area contributed by atoms with Crippen LogP contribution in [0.4, 0.5) is 9.52 Å². The first kappa shape index (κ1) is 18.9. The summed E-state index contributed by atoms with van der Waals surface area (Å²) in [5.41, 5.74) is 0. The van der Waals surface area contributed by atoms with Crippen LogP contribution in [0, 0.1) is 5.82 Å². The molecule has 3 rings (SSSR count). The molecule has 2 heterocycles. The molecule has 26 heavy (non-hydrogen) atoms. The number of hydrogen-bond acceptors (Lipinski definition) is 6. The number of nitrogens with one attached hydrogen (secondary N) is 1. The molecule has 1 aliphatic rings. The van der Waals surface area contributed by atoms with E-state index in [1.54, 1.807) is 0 Å². The van der Waals surface area contributed by atoms with Crippen molar-refractivity contribution in [1.29, 1.82) is 0 Å². The maximum Gasteiger partial charge on any atom is 0.244 e. The van der Waals surface area contributed by atoms with Crippen molar-refractivity contribution in [3.8, 4) is 0 Å². The van der Waals surface area contributed by atoms with Crippen molar-refractivity contribution in [3.05, 3.63) is 35.1 Å². The first-order valence-electron chi connectivity index (χ1n) is 8.32. The number of sulfonamides is 1. The Labute approximate surface area is 155 Å². The molecular weight excluding hydrogens is 379 g/mol. The lowest BCUT2D eigenvalue weighted by Gasteiger charge is -2.22. The van der Waals surface area contributed by atoms with Crippen LogP contribution in [0.15, 0.2) is 29.2 Å². The summed E-state index contributed by atoms with van der Waals surface area (Å²) in [4.78, 5) is 12.6. The summed E-state index contributed by atoms with van der Waals surface area (Å²) in [6.07, 6.45) is 2.71. The zero-order chi connectivity index (χ0) is 18.7. The van der Waals surface area contributed by atoms with E-state index in [4.69, 9.17) is 0 Å². The molecule has 1 aromatic carbocycles. The van der Waals surface area contributed by atoms with E-state index in [-0.39, 0.29) is 11.4 Å². The number of aryl methyl sites for hydroxylation is 1. The Morgan fingerprint density at radius 1 is 1.35 bits per heavy atom. The summed E-state index contributed by atoms with van der Waals surface area (Å²) in [7, 11) is -3.87. The summed E-state index contributed by atoms with van der Waals surface area (Å²) in [5.74, 6) is -0.939. The van der Waals surface area contributed by atoms with Gasteiger partial charge in [0, 0.05) is 13.0 Å². The van der Waals surface area contributed by atoms with Gasteiger partial charge in [0.2, 0.25) is 21.1 Å². The SMILES string of the molecule is CCCc1nnc(NC(=O)[C@@H]2CCCN2S(=O)(=O)c2ccc(F)cc2)s1. The monoisotopic (exact) mass is 398 g/mol. The number of nitrogens with zero attached hydrogens (tertiary/aromatic N) is 3. The average Bonchev–Trinajstić information content (AvgIpc) is 3.25. The fourth-order valence-electron chi connectivity index (χ4n) is 2.84. The number of hydrogen-bond donors (Lipinski definition) is 1. The second-order valence-corrected chi connectivity index (χ2v) is 8.92. The Balaban J connectivity index is 1.76. The van der Waals surface area contributed by atoms with Crippen molar-refractivity contribution in [1.82, 2.24) is 14.5 Å². The summed E-state index contributed by atoms with van der Waals surface area (Å²) in [6, 6.07) is 3.78. The molecule has 0 aliphatic carbocycles. The van der Waals surface area contributed by atoms with Gasteiger partial charge in [-0.25, -0.2) is 12.8 Å². The van der Waals surface area contributed by atoms with Crippen LogP contribution in [0.2, 0.25) is 0 Å². The molecule has 0 spiro atoms. The third-order valence-electron chi connectivity index (χ3n) is 4.09. The molecule has 10 heteroatoms. The number of halogens is 1. The Kier molecular flexibility index (Phi) is 5.64. The van der Waals surface area contributed by atoms with Crippen LogP contribution in [-0.4, -0.2) is 41.4 Å². The standard InChI is InChI=1S/C16H19FN4O3S2/c1-2-4-14-19-20-16(25-14)18-15(22)13-5-3-10-21(13)26(23,24)12-8-6-11(17)7-9-12/h6-9,13H,2-5,10H2,1H3,(H,18,20,22)/t13-/m0/s1. The summed E-state index contributed by atoms with van der Waals surface area (Å²) in [5, 5.41) is 11.8. The van der Waals surface area contributed by atoms with Gasteiger partial charge in [0.05, 0.1) is 4.90 Å². The lowest BCUT2D eigenvalue weighted by molar-refractivity contribution is -0.119. The molecular formula is C16H19FN4O3S2. The number of benzene rings is 1. The highest BCUT2D eigenvalue weighted by Crippen LogP contribution is 2.27. The topological polar surface area (TPSA) is 92.3 Å². The van der Waals surface area contributed by atoms with E-state index >= 15 is 0 Å². The van der Waals surface area contributed by atoms with Gasteiger partial charge in [-0.3, -0.25) is 10.1 Å². The minimum absolute atomic E-state index is 0.0280. The van der Waals surface area contributed by atoms with Crippen LogP contribution in [0.3, 0.4) is 0 Å². The zero-order valence-electron chi connectivity index (χ0n) is 14.2. The van der Waals surface area contributed by atoms with Crippen molar-refractivity contribution in [2.75, 3.05) is 11.9 Å². The van der Waals surface area contributed by atoms with Crippen molar-refractivity contribution in [2.24, 2.45) is 0 Å². The van der Waals surface area contributed by atoms with Gasteiger partial charge < -0.3 is 0 Å². The van der Waals surface area contributed by atoms with E-state index in [9.17, 15) is 17.6 Å². The van der Waals surface area contributed by atoms with Crippen molar-refractivity contribution < 1.29 is 17.6 Å². The summed E-state index contributed by atoms with van der Waals surface area (Å²) < 4.78 is 39.8. The van der Waals surface area contributed by atoms with Crippen LogP contribution < -0.4 is 5.32 Å². The van der Waals surface area contributed by atoms with Gasteiger partial charge in [-0.1, -0.05) is 18.3 Å². The van der Waals surface area contributed by atoms with E-state index in [1.165, 1.54) is 27.8 Å². The number of rotatable bonds is 6. The number of amides is 1. The molecule has 0 saturated carbocycles. The minimum Gasteiger partial charge on any atom is -0.299 e. The van der Waals surface area contributed by atoms with Gasteiger partial charge >= 0.3 is 0 Å². The van der Waals surface area contributed by atoms with Crippen LogP contribution >= 0.6 is 11.3 Å². The smallest absolute Gasteiger partial charge is 0.244 e. The lowest BCUT2D eigenvalue weighted by Crippen LogP contribution is -2.43. The molecule has 1 atom stereocenters. The maximum atomic E-state index is 13.1. The second kappa shape index (κ2) is 7.77. The van der Waals surface area contributed by atoms with Gasteiger partial charge in [-0.15, -0.1) is 10.2 Å². The predicted octanol–water partition coefficient (Wildman–Crippen LogP) is 2.42. The van der Waals surface area contributed by atoms with E-state index in [0.717, 1.165) is 30.0 Å². The van der Waals surface area contributed by atoms with Crippen molar-refractivity contribution in [3.63, 3.8) is 0 Å². The summed E-state index contributed by atoms with van der Waals surface area (Å²) >= 11 is 1.29. The third kappa shape index (κ3) is 3.92. The van der Waals surface area contributed by atoms with Crippen molar-refractivity contribution in [2.45, 2.75) is 43.5 Å². The Hall–Kier alpha value is -1.91. The predicted molar refractivity (Wildman–Crippen MR) is 95.8 cm³/mol. The third-order valence-corrected chi connectivity index (χ3v) is 6.91. The average molecular weight is 398 g/mol. The quantitative estimate of drug-likeness (QED) is 0.807. The fourth-order valence-corrected chi connectivity index (χ4v) is 5.34. The zero-order valence-corrected chi connectivity index (χ0v) is 15.8. The van der Waals surface area contributed by atoms with Gasteiger partial charge in [0.25, 0.3) is 0 Å². The molecule has 1 aliphatic heterocycles. The highest BCUT2D eigenvalue weighted by Gasteiger charge is 2.39. The molecule has 0 unspecified atom stereocenters. The van der Waals surface area contributed by atoms with Crippen molar-refractivity contribution >= 4 is 32.4 Å². The second-order valence-electron chi connectivity index (χ2n) is 5.97. The van der Waals surface area contributed by atoms with Crippen LogP contribution in [-0.2, 0) is 21.2 Å². The molecule has 1 fully saturated rings. The normalized spacial score (nSPS) is 18.2. The lowest BCUT2D eigenvalue weighted by atomic mass is 10.2. The Bertz CT molecular complexity index is 883. The van der Waals surface area contributed by atoms with E-state index in [2.05, 4.69) is 15.5 Å². The summed E-state index contributed by atoms with van der Waals surface area (Å²) in [6.45, 7) is 2.27. The number of aromatic nitrogens is 2. The maximum absolute atomic E-state index is 13.1. The van der Waals surface area contributed by atoms with E-state index < -0.39 is 27.8 Å². The highest BCUT2D eigenvalue weighted by molar-refractivity contribution is 7.89. The van der Waals surface area contributed by atoms with E-state index in [1.807, 2.05) is 6.92 Å². The molecule has 0 bridgehead atoms. The highest BCUT2D eigenvalue weighted by atomic mass is 32.2. The molecule has 2 aromatic rings. The van der Waals surface area contributed by atoms with Gasteiger partial charge in [0.1, 0.15) is 16.9 Å². The first-order chi connectivity index (χ1) is 12.4. The molecule has 0 radical (unpaired) electrons. The van der Waals surface area contributed by atoms with Crippen LogP contribution in [0.1, 0.15) is 31.2 Å². The largest absolute Gasteiger partial charge is 0.299 e. The number of anilines is 1. The van der Waals surface area contributed by atoms with Gasteiger partial charge in [-0.2, -0.15) is 4.31 Å². The molecule has 140 valence electrons. The van der Waals surface area contributed by atoms with Crippen LogP contribution in [0.5, 0.6) is 0 Å².